The van der Waals surface area contributed by atoms with Gasteiger partial charge in [0.2, 0.25) is 11.9 Å². The van der Waals surface area contributed by atoms with Gasteiger partial charge in [0.05, 0.1) is 0 Å². The minimum absolute atomic E-state index is 0.0764. The van der Waals surface area contributed by atoms with Gasteiger partial charge in [-0.3, -0.25) is 4.79 Å². The van der Waals surface area contributed by atoms with Crippen molar-refractivity contribution in [3.63, 3.8) is 0 Å². The number of nitrogens with one attached hydrogen (secondary N) is 2. The topological polar surface area (TPSA) is 122 Å². The van der Waals surface area contributed by atoms with Crippen LogP contribution in [0.5, 0.6) is 0 Å². The maximum absolute atomic E-state index is 11.6. The third-order valence-corrected chi connectivity index (χ3v) is 3.31. The molecule has 104 valence electrons. The number of carbonyl (C=O) groups excluding carboxylic acids is 1. The molecule has 1 aliphatic heterocycles. The Hall–Kier alpha value is -2.09. The molecule has 1 fully saturated rings. The molecule has 2 heterocycles. The second-order valence-electron chi connectivity index (χ2n) is 4.49. The normalized spacial score (nSPS) is 16.2. The fourth-order valence-electron chi connectivity index (χ4n) is 2.26. The van der Waals surface area contributed by atoms with Gasteiger partial charge in [-0.15, -0.1) is 0 Å². The van der Waals surface area contributed by atoms with E-state index >= 15 is 0 Å². The number of piperidine rings is 1. The summed E-state index contributed by atoms with van der Waals surface area (Å²) in [6.45, 7) is 1.52. The van der Waals surface area contributed by atoms with E-state index in [0.717, 1.165) is 31.7 Å². The number of anilines is 3. The highest BCUT2D eigenvalue weighted by atomic mass is 16.1. The van der Waals surface area contributed by atoms with E-state index in [1.54, 1.807) is 13.1 Å². The molecule has 19 heavy (non-hydrogen) atoms. The van der Waals surface area contributed by atoms with Gasteiger partial charge in [-0.25, -0.2) is 5.84 Å². The van der Waals surface area contributed by atoms with Crippen LogP contribution in [0.25, 0.3) is 0 Å². The van der Waals surface area contributed by atoms with Crippen LogP contribution < -0.4 is 27.2 Å². The quantitative estimate of drug-likeness (QED) is 0.421. The Bertz CT molecular complexity index is 456. The lowest BCUT2D eigenvalue weighted by Gasteiger charge is -2.32. The summed E-state index contributed by atoms with van der Waals surface area (Å²) >= 11 is 0. The summed E-state index contributed by atoms with van der Waals surface area (Å²) in [5.41, 5.74) is 8.09. The Labute approximate surface area is 111 Å². The van der Waals surface area contributed by atoms with E-state index in [1.807, 2.05) is 0 Å². The van der Waals surface area contributed by atoms with Crippen LogP contribution in [0.4, 0.5) is 17.6 Å². The molecule has 1 amide bonds. The third-order valence-electron chi connectivity index (χ3n) is 3.31. The molecule has 1 aromatic rings. The molecular weight excluding hydrogens is 246 g/mol. The fraction of sp³-hybridized carbons (Fsp3) is 0.545. The molecule has 1 aromatic heterocycles. The van der Waals surface area contributed by atoms with Crippen molar-refractivity contribution < 1.29 is 4.79 Å². The first-order chi connectivity index (χ1) is 9.13. The first-order valence-corrected chi connectivity index (χ1v) is 6.21. The second kappa shape index (κ2) is 5.70. The Morgan fingerprint density at radius 3 is 2.68 bits per heavy atom. The Morgan fingerprint density at radius 1 is 1.42 bits per heavy atom. The molecule has 0 unspecified atom stereocenters. The lowest BCUT2D eigenvalue weighted by Crippen LogP contribution is -2.40. The Balaban J connectivity index is 2.05. The highest BCUT2D eigenvalue weighted by Crippen LogP contribution is 2.23. The van der Waals surface area contributed by atoms with Crippen molar-refractivity contribution in [1.82, 2.24) is 15.3 Å². The molecule has 0 atom stereocenters. The average Bonchev–Trinajstić information content (AvgIpc) is 2.46. The van der Waals surface area contributed by atoms with Gasteiger partial charge in [0.1, 0.15) is 11.6 Å². The van der Waals surface area contributed by atoms with Crippen LogP contribution >= 0.6 is 0 Å². The SMILES string of the molecule is CNC(=O)C1CCN(c2cc(NN)nc(N)n2)CC1. The predicted molar refractivity (Wildman–Crippen MR) is 73.3 cm³/mol. The van der Waals surface area contributed by atoms with E-state index in [2.05, 4.69) is 25.6 Å². The number of aromatic nitrogens is 2. The molecular formula is C11H19N7O. The lowest BCUT2D eigenvalue weighted by atomic mass is 9.96. The van der Waals surface area contributed by atoms with Crippen LogP contribution in [0.3, 0.4) is 0 Å². The minimum Gasteiger partial charge on any atom is -0.368 e. The van der Waals surface area contributed by atoms with E-state index in [0.29, 0.717) is 5.82 Å². The lowest BCUT2D eigenvalue weighted by molar-refractivity contribution is -0.125. The molecule has 0 bridgehead atoms. The van der Waals surface area contributed by atoms with Crippen molar-refractivity contribution in [3.8, 4) is 0 Å². The fourth-order valence-corrected chi connectivity index (χ4v) is 2.26. The molecule has 6 N–H and O–H groups in total. The molecule has 0 aliphatic carbocycles. The van der Waals surface area contributed by atoms with Crippen LogP contribution in [0.15, 0.2) is 6.07 Å². The average molecular weight is 265 g/mol. The van der Waals surface area contributed by atoms with Crippen molar-refractivity contribution in [2.45, 2.75) is 12.8 Å². The highest BCUT2D eigenvalue weighted by molar-refractivity contribution is 5.78. The number of rotatable bonds is 3. The van der Waals surface area contributed by atoms with Crippen molar-refractivity contribution in [2.75, 3.05) is 36.2 Å². The standard InChI is InChI=1S/C11H19N7O/c1-14-10(19)7-2-4-18(5-3-7)9-6-8(17-13)15-11(12)16-9/h6-7H,2-5,13H2,1H3,(H,14,19)(H3,12,15,16,17). The third kappa shape index (κ3) is 3.02. The van der Waals surface area contributed by atoms with Gasteiger partial charge < -0.3 is 21.4 Å². The monoisotopic (exact) mass is 265 g/mol. The van der Waals surface area contributed by atoms with Gasteiger partial charge >= 0.3 is 0 Å². The minimum atomic E-state index is 0.0764. The number of nitrogens with zero attached hydrogens (tertiary/aromatic N) is 3. The van der Waals surface area contributed by atoms with E-state index < -0.39 is 0 Å². The van der Waals surface area contributed by atoms with Crippen molar-refractivity contribution >= 4 is 23.5 Å². The first-order valence-electron chi connectivity index (χ1n) is 6.21. The van der Waals surface area contributed by atoms with E-state index in [-0.39, 0.29) is 17.8 Å². The summed E-state index contributed by atoms with van der Waals surface area (Å²) in [4.78, 5) is 21.8. The number of carbonyl (C=O) groups is 1. The summed E-state index contributed by atoms with van der Waals surface area (Å²) in [7, 11) is 1.67. The molecule has 0 saturated carbocycles. The Morgan fingerprint density at radius 2 is 2.11 bits per heavy atom. The number of hydrogen-bond acceptors (Lipinski definition) is 7. The van der Waals surface area contributed by atoms with E-state index in [9.17, 15) is 4.79 Å². The van der Waals surface area contributed by atoms with Crippen molar-refractivity contribution in [1.29, 1.82) is 0 Å². The number of hydrogen-bond donors (Lipinski definition) is 4. The maximum atomic E-state index is 11.6. The molecule has 2 rings (SSSR count). The summed E-state index contributed by atoms with van der Waals surface area (Å²) in [6.07, 6.45) is 1.60. The molecule has 8 heteroatoms. The van der Waals surface area contributed by atoms with Crippen LogP contribution in [-0.4, -0.2) is 36.0 Å². The summed E-state index contributed by atoms with van der Waals surface area (Å²) < 4.78 is 0. The number of nitrogen functional groups attached to an aromatic ring is 2. The van der Waals surface area contributed by atoms with Crippen LogP contribution in [0.2, 0.25) is 0 Å². The molecule has 1 aliphatic rings. The second-order valence-corrected chi connectivity index (χ2v) is 4.49. The zero-order valence-electron chi connectivity index (χ0n) is 10.9. The van der Waals surface area contributed by atoms with Crippen molar-refractivity contribution in [3.05, 3.63) is 6.07 Å². The molecule has 0 spiro atoms. The number of nitrogens with two attached hydrogens (primary N) is 2. The molecule has 1 saturated heterocycles. The van der Waals surface area contributed by atoms with Crippen molar-refractivity contribution in [2.24, 2.45) is 11.8 Å². The van der Waals surface area contributed by atoms with E-state index in [4.69, 9.17) is 11.6 Å². The van der Waals surface area contributed by atoms with Crippen LogP contribution in [0, 0.1) is 5.92 Å². The summed E-state index contributed by atoms with van der Waals surface area (Å²) in [6, 6.07) is 1.75. The molecule has 0 radical (unpaired) electrons. The molecule has 8 nitrogen and oxygen atoms in total. The van der Waals surface area contributed by atoms with Gasteiger partial charge in [0.15, 0.2) is 0 Å². The van der Waals surface area contributed by atoms with Gasteiger partial charge in [0, 0.05) is 32.1 Å². The van der Waals surface area contributed by atoms with E-state index in [1.165, 1.54) is 0 Å². The highest BCUT2D eigenvalue weighted by Gasteiger charge is 2.25. The maximum Gasteiger partial charge on any atom is 0.223 e. The van der Waals surface area contributed by atoms with Gasteiger partial charge in [-0.05, 0) is 12.8 Å². The largest absolute Gasteiger partial charge is 0.368 e. The Kier molecular flexibility index (Phi) is 4.00. The first kappa shape index (κ1) is 13.3. The summed E-state index contributed by atoms with van der Waals surface area (Å²) in [5.74, 6) is 6.90. The number of hydrazine groups is 1. The predicted octanol–water partition coefficient (Wildman–Crippen LogP) is -0.693. The van der Waals surface area contributed by atoms with Crippen LogP contribution in [-0.2, 0) is 4.79 Å². The summed E-state index contributed by atoms with van der Waals surface area (Å²) in [5, 5.41) is 2.69. The zero-order valence-corrected chi connectivity index (χ0v) is 10.9. The van der Waals surface area contributed by atoms with Gasteiger partial charge in [-0.1, -0.05) is 0 Å². The zero-order chi connectivity index (χ0) is 13.8. The van der Waals surface area contributed by atoms with Gasteiger partial charge in [-0.2, -0.15) is 9.97 Å². The van der Waals surface area contributed by atoms with Crippen LogP contribution in [0.1, 0.15) is 12.8 Å². The molecule has 0 aromatic carbocycles. The van der Waals surface area contributed by atoms with Gasteiger partial charge in [0.25, 0.3) is 0 Å². The number of amides is 1. The smallest absolute Gasteiger partial charge is 0.223 e.